The summed E-state index contributed by atoms with van der Waals surface area (Å²) in [6, 6.07) is -0.157. The highest BCUT2D eigenvalue weighted by Gasteiger charge is 2.42. The van der Waals surface area contributed by atoms with Gasteiger partial charge in [0, 0.05) is 17.3 Å². The van der Waals surface area contributed by atoms with Gasteiger partial charge in [-0.15, -0.1) is 0 Å². The first kappa shape index (κ1) is 14.5. The Bertz CT molecular complexity index is 358. The quantitative estimate of drug-likeness (QED) is 0.720. The fourth-order valence-electron chi connectivity index (χ4n) is 2.62. The molecular formula is C13H22N2O3S. The summed E-state index contributed by atoms with van der Waals surface area (Å²) in [7, 11) is 0. The van der Waals surface area contributed by atoms with Crippen LogP contribution in [0.25, 0.3) is 0 Å². The number of aliphatic carboxylic acids is 1. The van der Waals surface area contributed by atoms with Crippen LogP contribution < -0.4 is 10.6 Å². The highest BCUT2D eigenvalue weighted by molar-refractivity contribution is 8.00. The van der Waals surface area contributed by atoms with Gasteiger partial charge in [-0.05, 0) is 38.4 Å². The summed E-state index contributed by atoms with van der Waals surface area (Å²) in [5, 5.41) is 14.8. The molecule has 6 heteroatoms. The van der Waals surface area contributed by atoms with Gasteiger partial charge in [-0.3, -0.25) is 4.79 Å². The number of urea groups is 1. The molecule has 3 N–H and O–H groups in total. The Morgan fingerprint density at radius 1 is 1.37 bits per heavy atom. The molecule has 108 valence electrons. The molecule has 0 radical (unpaired) electrons. The van der Waals surface area contributed by atoms with Crippen molar-refractivity contribution in [2.24, 2.45) is 5.92 Å². The van der Waals surface area contributed by atoms with Gasteiger partial charge in [-0.1, -0.05) is 6.42 Å². The average Bonchev–Trinajstić information content (AvgIpc) is 3.17. The zero-order valence-corrected chi connectivity index (χ0v) is 12.1. The standard InChI is InChI=1S/C13H22N2O3S/c1-19-13(5-6-13)8-14-12(18)15-10-4-2-3-9(7-10)11(16)17/h9-10H,2-8H2,1H3,(H,16,17)(H2,14,15,18). The summed E-state index contributed by atoms with van der Waals surface area (Å²) in [6.07, 6.45) is 7.44. The molecule has 0 aromatic rings. The predicted molar refractivity (Wildman–Crippen MR) is 75.4 cm³/mol. The molecule has 2 unspecified atom stereocenters. The number of carbonyl (C=O) groups is 2. The molecule has 5 nitrogen and oxygen atoms in total. The van der Waals surface area contributed by atoms with Gasteiger partial charge in [-0.2, -0.15) is 11.8 Å². The first-order chi connectivity index (χ1) is 9.04. The Balaban J connectivity index is 1.71. The molecule has 2 saturated carbocycles. The van der Waals surface area contributed by atoms with Gasteiger partial charge in [-0.25, -0.2) is 4.79 Å². The van der Waals surface area contributed by atoms with Crippen molar-refractivity contribution < 1.29 is 14.7 Å². The molecule has 0 heterocycles. The number of hydrogen-bond acceptors (Lipinski definition) is 3. The van der Waals surface area contributed by atoms with Crippen molar-refractivity contribution in [2.75, 3.05) is 12.8 Å². The van der Waals surface area contributed by atoms with E-state index in [4.69, 9.17) is 5.11 Å². The van der Waals surface area contributed by atoms with Crippen LogP contribution in [0.5, 0.6) is 0 Å². The second-order valence-corrected chi connectivity index (χ2v) is 6.89. The van der Waals surface area contributed by atoms with E-state index in [1.54, 1.807) is 0 Å². The number of thioether (sulfide) groups is 1. The van der Waals surface area contributed by atoms with Crippen LogP contribution in [0.2, 0.25) is 0 Å². The third-order valence-corrected chi connectivity index (χ3v) is 5.59. The maximum atomic E-state index is 11.8. The van der Waals surface area contributed by atoms with Crippen LogP contribution in [0.4, 0.5) is 4.79 Å². The van der Waals surface area contributed by atoms with Crippen LogP contribution in [0.1, 0.15) is 38.5 Å². The van der Waals surface area contributed by atoms with Gasteiger partial charge in [0.2, 0.25) is 0 Å². The molecule has 2 aliphatic rings. The molecule has 19 heavy (non-hydrogen) atoms. The SMILES string of the molecule is CSC1(CNC(=O)NC2CCCC(C(=O)O)C2)CC1. The molecule has 2 atom stereocenters. The van der Waals surface area contributed by atoms with Gasteiger partial charge < -0.3 is 15.7 Å². The molecule has 2 amide bonds. The third kappa shape index (κ3) is 4.03. The summed E-state index contributed by atoms with van der Waals surface area (Å²) in [5.41, 5.74) is 0. The fourth-order valence-corrected chi connectivity index (χ4v) is 3.34. The van der Waals surface area contributed by atoms with Gasteiger partial charge in [0.25, 0.3) is 0 Å². The van der Waals surface area contributed by atoms with Crippen molar-refractivity contribution in [3.8, 4) is 0 Å². The van der Waals surface area contributed by atoms with Crippen LogP contribution in [-0.4, -0.2) is 40.7 Å². The molecule has 0 aromatic carbocycles. The van der Waals surface area contributed by atoms with Crippen LogP contribution in [0, 0.1) is 5.92 Å². The van der Waals surface area contributed by atoms with Crippen molar-refractivity contribution >= 4 is 23.8 Å². The van der Waals surface area contributed by atoms with Crippen molar-refractivity contribution in [1.29, 1.82) is 0 Å². The van der Waals surface area contributed by atoms with Gasteiger partial charge >= 0.3 is 12.0 Å². The predicted octanol–water partition coefficient (Wildman–Crippen LogP) is 1.82. The lowest BCUT2D eigenvalue weighted by atomic mass is 9.86. The van der Waals surface area contributed by atoms with Crippen molar-refractivity contribution in [2.45, 2.75) is 49.3 Å². The van der Waals surface area contributed by atoms with Crippen LogP contribution in [-0.2, 0) is 4.79 Å². The van der Waals surface area contributed by atoms with E-state index < -0.39 is 5.97 Å². The van der Waals surface area contributed by atoms with Gasteiger partial charge in [0.15, 0.2) is 0 Å². The van der Waals surface area contributed by atoms with Crippen molar-refractivity contribution in [3.63, 3.8) is 0 Å². The van der Waals surface area contributed by atoms with E-state index in [1.165, 1.54) is 12.8 Å². The van der Waals surface area contributed by atoms with E-state index >= 15 is 0 Å². The first-order valence-corrected chi connectivity index (χ1v) is 8.09. The van der Waals surface area contributed by atoms with E-state index in [2.05, 4.69) is 16.9 Å². The molecule has 2 rings (SSSR count). The Hall–Kier alpha value is -0.910. The number of carboxylic acids is 1. The summed E-state index contributed by atoms with van der Waals surface area (Å²) < 4.78 is 0.257. The molecule has 0 saturated heterocycles. The van der Waals surface area contributed by atoms with E-state index in [9.17, 15) is 9.59 Å². The van der Waals surface area contributed by atoms with Crippen LogP contribution >= 0.6 is 11.8 Å². The first-order valence-electron chi connectivity index (χ1n) is 6.87. The molecule has 0 spiro atoms. The Morgan fingerprint density at radius 3 is 2.68 bits per heavy atom. The van der Waals surface area contributed by atoms with E-state index in [-0.39, 0.29) is 22.7 Å². The Kier molecular flexibility index (Phi) is 4.60. The zero-order chi connectivity index (χ0) is 13.9. The van der Waals surface area contributed by atoms with Gasteiger partial charge in [0.05, 0.1) is 5.92 Å². The second-order valence-electron chi connectivity index (χ2n) is 5.61. The highest BCUT2D eigenvalue weighted by Crippen LogP contribution is 2.46. The second kappa shape index (κ2) is 6.03. The average molecular weight is 286 g/mol. The maximum absolute atomic E-state index is 11.8. The van der Waals surface area contributed by atoms with Gasteiger partial charge in [0.1, 0.15) is 0 Å². The lowest BCUT2D eigenvalue weighted by molar-refractivity contribution is -0.143. The molecule has 2 aliphatic carbocycles. The number of carbonyl (C=O) groups excluding carboxylic acids is 1. The number of carboxylic acid groups (broad SMARTS) is 1. The van der Waals surface area contributed by atoms with Crippen molar-refractivity contribution in [3.05, 3.63) is 0 Å². The minimum atomic E-state index is -0.744. The fraction of sp³-hybridized carbons (Fsp3) is 0.846. The summed E-state index contributed by atoms with van der Waals surface area (Å²) in [6.45, 7) is 0.703. The Morgan fingerprint density at radius 2 is 2.11 bits per heavy atom. The molecule has 0 aromatic heterocycles. The minimum absolute atomic E-state index is 0.000664. The molecule has 0 bridgehead atoms. The lowest BCUT2D eigenvalue weighted by Crippen LogP contribution is -2.46. The highest BCUT2D eigenvalue weighted by atomic mass is 32.2. The summed E-state index contributed by atoms with van der Waals surface area (Å²) in [5.74, 6) is -1.05. The molecule has 2 fully saturated rings. The minimum Gasteiger partial charge on any atom is -0.481 e. The summed E-state index contributed by atoms with van der Waals surface area (Å²) in [4.78, 5) is 22.8. The zero-order valence-electron chi connectivity index (χ0n) is 11.3. The topological polar surface area (TPSA) is 78.4 Å². The normalized spacial score (nSPS) is 28.5. The molecular weight excluding hydrogens is 264 g/mol. The van der Waals surface area contributed by atoms with E-state index in [0.29, 0.717) is 13.0 Å². The number of amides is 2. The number of hydrogen-bond donors (Lipinski definition) is 3. The summed E-state index contributed by atoms with van der Waals surface area (Å²) >= 11 is 1.81. The van der Waals surface area contributed by atoms with E-state index in [1.807, 2.05) is 11.8 Å². The Labute approximate surface area is 117 Å². The number of nitrogens with one attached hydrogen (secondary N) is 2. The van der Waals surface area contributed by atoms with E-state index in [0.717, 1.165) is 19.3 Å². The number of rotatable bonds is 5. The monoisotopic (exact) mass is 286 g/mol. The van der Waals surface area contributed by atoms with Crippen LogP contribution in [0.3, 0.4) is 0 Å². The third-order valence-electron chi connectivity index (χ3n) is 4.17. The van der Waals surface area contributed by atoms with Crippen molar-refractivity contribution in [1.82, 2.24) is 10.6 Å². The largest absolute Gasteiger partial charge is 0.481 e. The smallest absolute Gasteiger partial charge is 0.315 e. The lowest BCUT2D eigenvalue weighted by Gasteiger charge is -2.27. The van der Waals surface area contributed by atoms with Crippen LogP contribution in [0.15, 0.2) is 0 Å². The molecule has 0 aliphatic heterocycles. The maximum Gasteiger partial charge on any atom is 0.315 e.